The summed E-state index contributed by atoms with van der Waals surface area (Å²) < 4.78 is 1.71. The molecule has 0 aliphatic heterocycles. The van der Waals surface area contributed by atoms with Crippen LogP contribution < -0.4 is 5.56 Å². The molecule has 18 heavy (non-hydrogen) atoms. The largest absolute Gasteiger partial charge is 0.268 e. The van der Waals surface area contributed by atoms with Crippen molar-refractivity contribution in [3.63, 3.8) is 0 Å². The van der Waals surface area contributed by atoms with E-state index in [2.05, 4.69) is 4.98 Å². The topological polar surface area (TPSA) is 34.4 Å². The van der Waals surface area contributed by atoms with Crippen molar-refractivity contribution < 1.29 is 0 Å². The van der Waals surface area contributed by atoms with Crippen LogP contribution in [0.5, 0.6) is 0 Å². The van der Waals surface area contributed by atoms with Crippen molar-refractivity contribution in [2.45, 2.75) is 32.6 Å². The maximum atomic E-state index is 12.6. The van der Waals surface area contributed by atoms with Gasteiger partial charge in [-0.15, -0.1) is 22.7 Å². The first-order chi connectivity index (χ1) is 8.74. The Hall–Kier alpha value is -1.20. The Balaban J connectivity index is 2.20. The van der Waals surface area contributed by atoms with E-state index in [1.165, 1.54) is 23.3 Å². The number of aryl methyl sites for hydroxylation is 3. The van der Waals surface area contributed by atoms with Crippen molar-refractivity contribution in [3.8, 4) is 0 Å². The molecule has 3 nitrogen and oxygen atoms in total. The monoisotopic (exact) mass is 276 g/mol. The summed E-state index contributed by atoms with van der Waals surface area (Å²) in [5, 5.41) is 0.880. The first-order valence-electron chi connectivity index (χ1n) is 6.17. The third-order valence-electron chi connectivity index (χ3n) is 3.55. The average molecular weight is 276 g/mol. The zero-order chi connectivity index (χ0) is 12.3. The maximum absolute atomic E-state index is 12.6. The van der Waals surface area contributed by atoms with E-state index in [-0.39, 0.29) is 5.56 Å². The van der Waals surface area contributed by atoms with Crippen molar-refractivity contribution in [1.29, 1.82) is 0 Å². The first-order valence-corrected chi connectivity index (χ1v) is 7.80. The fourth-order valence-electron chi connectivity index (χ4n) is 2.74. The minimum atomic E-state index is 0.124. The van der Waals surface area contributed by atoms with Crippen LogP contribution in [0.15, 0.2) is 11.0 Å². The number of rotatable bonds is 0. The molecular weight excluding hydrogens is 264 g/mol. The van der Waals surface area contributed by atoms with Crippen LogP contribution in [0, 0.1) is 6.92 Å². The van der Waals surface area contributed by atoms with Gasteiger partial charge in [0.2, 0.25) is 0 Å². The summed E-state index contributed by atoms with van der Waals surface area (Å²) in [6.45, 7) is 2.02. The highest BCUT2D eigenvalue weighted by Crippen LogP contribution is 2.34. The molecule has 0 unspecified atom stereocenters. The fourth-order valence-corrected chi connectivity index (χ4v) is 4.86. The third-order valence-corrected chi connectivity index (χ3v) is 5.64. The van der Waals surface area contributed by atoms with Gasteiger partial charge in [-0.2, -0.15) is 0 Å². The van der Waals surface area contributed by atoms with Gasteiger partial charge in [0.05, 0.1) is 5.39 Å². The van der Waals surface area contributed by atoms with Gasteiger partial charge in [0, 0.05) is 16.0 Å². The molecule has 0 amide bonds. The summed E-state index contributed by atoms with van der Waals surface area (Å²) in [6, 6.07) is 0. The summed E-state index contributed by atoms with van der Waals surface area (Å²) in [4.78, 5) is 21.5. The molecule has 0 fully saturated rings. The second-order valence-electron chi connectivity index (χ2n) is 4.80. The van der Waals surface area contributed by atoms with Gasteiger partial charge in [0.25, 0.3) is 5.56 Å². The number of hydrogen-bond acceptors (Lipinski definition) is 4. The number of fused-ring (bicyclic) bond motifs is 4. The van der Waals surface area contributed by atoms with Crippen LogP contribution in [-0.2, 0) is 12.8 Å². The normalized spacial score (nSPS) is 15.4. The molecule has 0 aromatic carbocycles. The Labute approximate surface area is 112 Å². The zero-order valence-corrected chi connectivity index (χ0v) is 11.7. The van der Waals surface area contributed by atoms with Gasteiger partial charge in [0.15, 0.2) is 4.96 Å². The van der Waals surface area contributed by atoms with Crippen molar-refractivity contribution in [1.82, 2.24) is 9.38 Å². The Morgan fingerprint density at radius 1 is 1.28 bits per heavy atom. The molecule has 4 rings (SSSR count). The van der Waals surface area contributed by atoms with Crippen LogP contribution >= 0.6 is 22.7 Å². The molecular formula is C13H12N2OS2. The highest BCUT2D eigenvalue weighted by atomic mass is 32.1. The molecule has 3 heterocycles. The van der Waals surface area contributed by atoms with Crippen LogP contribution in [-0.4, -0.2) is 9.38 Å². The lowest BCUT2D eigenvalue weighted by Gasteiger charge is -2.09. The Morgan fingerprint density at radius 3 is 3.00 bits per heavy atom. The highest BCUT2D eigenvalue weighted by Gasteiger charge is 2.20. The average Bonchev–Trinajstić information content (AvgIpc) is 2.89. The molecule has 1 aliphatic rings. The van der Waals surface area contributed by atoms with E-state index in [1.54, 1.807) is 27.1 Å². The van der Waals surface area contributed by atoms with E-state index in [0.29, 0.717) is 0 Å². The molecule has 3 aromatic rings. The quantitative estimate of drug-likeness (QED) is 0.632. The van der Waals surface area contributed by atoms with Crippen molar-refractivity contribution in [2.24, 2.45) is 0 Å². The van der Waals surface area contributed by atoms with Gasteiger partial charge in [-0.3, -0.25) is 9.20 Å². The van der Waals surface area contributed by atoms with Crippen LogP contribution in [0.3, 0.4) is 0 Å². The number of hydrogen-bond donors (Lipinski definition) is 0. The standard InChI is InChI=1S/C13H12N2OS2/c1-7-6-15-12(16)10-8-4-2-3-5-9(8)18-11(10)14-13(15)17-7/h6H,2-5H2,1H3. The fraction of sp³-hybridized carbons (Fsp3) is 0.385. The predicted molar refractivity (Wildman–Crippen MR) is 76.1 cm³/mol. The number of thiazole rings is 1. The molecule has 0 N–H and O–H groups in total. The predicted octanol–water partition coefficient (Wildman–Crippen LogP) is 3.16. The highest BCUT2D eigenvalue weighted by molar-refractivity contribution is 7.19. The second kappa shape index (κ2) is 3.65. The van der Waals surface area contributed by atoms with Gasteiger partial charge >= 0.3 is 0 Å². The van der Waals surface area contributed by atoms with E-state index in [0.717, 1.165) is 32.9 Å². The summed E-state index contributed by atoms with van der Waals surface area (Å²) in [5.74, 6) is 0. The van der Waals surface area contributed by atoms with Gasteiger partial charge in [0.1, 0.15) is 4.83 Å². The molecule has 0 spiro atoms. The minimum absolute atomic E-state index is 0.124. The lowest BCUT2D eigenvalue weighted by Crippen LogP contribution is -2.14. The summed E-state index contributed by atoms with van der Waals surface area (Å²) in [7, 11) is 0. The van der Waals surface area contributed by atoms with Crippen molar-refractivity contribution in [3.05, 3.63) is 31.9 Å². The molecule has 5 heteroatoms. The van der Waals surface area contributed by atoms with E-state index in [1.807, 2.05) is 13.1 Å². The lowest BCUT2D eigenvalue weighted by atomic mass is 9.97. The van der Waals surface area contributed by atoms with E-state index in [9.17, 15) is 4.79 Å². The minimum Gasteiger partial charge on any atom is -0.268 e. The second-order valence-corrected chi connectivity index (χ2v) is 7.10. The Kier molecular flexibility index (Phi) is 2.17. The number of nitrogens with zero attached hydrogens (tertiary/aromatic N) is 2. The molecule has 0 radical (unpaired) electrons. The van der Waals surface area contributed by atoms with E-state index in [4.69, 9.17) is 0 Å². The van der Waals surface area contributed by atoms with Crippen LogP contribution in [0.4, 0.5) is 0 Å². The van der Waals surface area contributed by atoms with Crippen LogP contribution in [0.1, 0.15) is 28.2 Å². The summed E-state index contributed by atoms with van der Waals surface area (Å²) in [5.41, 5.74) is 1.40. The van der Waals surface area contributed by atoms with Crippen molar-refractivity contribution in [2.75, 3.05) is 0 Å². The smallest absolute Gasteiger partial charge is 0.267 e. The Morgan fingerprint density at radius 2 is 2.11 bits per heavy atom. The van der Waals surface area contributed by atoms with Gasteiger partial charge in [-0.05, 0) is 38.2 Å². The molecule has 0 saturated carbocycles. The number of thiophene rings is 1. The molecule has 0 atom stereocenters. The van der Waals surface area contributed by atoms with Crippen LogP contribution in [0.25, 0.3) is 15.2 Å². The maximum Gasteiger partial charge on any atom is 0.267 e. The summed E-state index contributed by atoms with van der Waals surface area (Å²) in [6.07, 6.45) is 6.51. The van der Waals surface area contributed by atoms with E-state index < -0.39 is 0 Å². The zero-order valence-electron chi connectivity index (χ0n) is 10.0. The molecule has 1 aliphatic carbocycles. The third kappa shape index (κ3) is 1.34. The molecule has 3 aromatic heterocycles. The first kappa shape index (κ1) is 10.7. The van der Waals surface area contributed by atoms with Gasteiger partial charge in [-0.25, -0.2) is 4.98 Å². The molecule has 0 bridgehead atoms. The number of aromatic nitrogens is 2. The van der Waals surface area contributed by atoms with Gasteiger partial charge < -0.3 is 0 Å². The van der Waals surface area contributed by atoms with Crippen LogP contribution in [0.2, 0.25) is 0 Å². The summed E-state index contributed by atoms with van der Waals surface area (Å²) >= 11 is 3.31. The van der Waals surface area contributed by atoms with E-state index >= 15 is 0 Å². The van der Waals surface area contributed by atoms with Gasteiger partial charge in [-0.1, -0.05) is 0 Å². The molecule has 92 valence electrons. The van der Waals surface area contributed by atoms with Crippen molar-refractivity contribution >= 4 is 37.9 Å². The lowest BCUT2D eigenvalue weighted by molar-refractivity contribution is 0.700. The Bertz CT molecular complexity index is 825. The SMILES string of the molecule is Cc1cn2c(=O)c3c4c(sc3nc2s1)CCCC4. The molecule has 0 saturated heterocycles.